The molecule has 0 aliphatic carbocycles. The lowest BCUT2D eigenvalue weighted by molar-refractivity contribution is -0.149. The molecule has 0 saturated carbocycles. The molecule has 0 unspecified atom stereocenters. The van der Waals surface area contributed by atoms with Gasteiger partial charge in [-0.1, -0.05) is 0 Å². The van der Waals surface area contributed by atoms with Crippen LogP contribution in [0.2, 0.25) is 0 Å². The number of carbonyl (C=O) groups is 1. The summed E-state index contributed by atoms with van der Waals surface area (Å²) >= 11 is 0. The Morgan fingerprint density at radius 2 is 1.72 bits per heavy atom. The Morgan fingerprint density at radius 3 is 2.22 bits per heavy atom. The van der Waals surface area contributed by atoms with Crippen molar-refractivity contribution in [2.75, 3.05) is 52.4 Å². The molecule has 1 aliphatic heterocycles. The van der Waals surface area contributed by atoms with Crippen LogP contribution in [0.1, 0.15) is 0 Å². The minimum absolute atomic E-state index is 0.120. The molecular formula is C10H18F3N3O2. The number of nitrogens with one attached hydrogen (secondary N) is 1. The number of aliphatic hydroxyl groups is 1. The van der Waals surface area contributed by atoms with Gasteiger partial charge in [0.1, 0.15) is 0 Å². The van der Waals surface area contributed by atoms with Crippen LogP contribution >= 0.6 is 0 Å². The number of alkyl halides is 3. The summed E-state index contributed by atoms with van der Waals surface area (Å²) in [6.07, 6.45) is -4.17. The van der Waals surface area contributed by atoms with E-state index in [9.17, 15) is 18.0 Å². The Kier molecular flexibility index (Phi) is 5.83. The van der Waals surface area contributed by atoms with E-state index in [4.69, 9.17) is 5.11 Å². The summed E-state index contributed by atoms with van der Waals surface area (Å²) in [7, 11) is 0. The first kappa shape index (κ1) is 15.2. The van der Waals surface area contributed by atoms with E-state index in [1.54, 1.807) is 4.90 Å². The van der Waals surface area contributed by atoms with Crippen molar-refractivity contribution < 1.29 is 23.1 Å². The average Bonchev–Trinajstić information content (AvgIpc) is 2.27. The van der Waals surface area contributed by atoms with Gasteiger partial charge in [-0.25, -0.2) is 0 Å². The molecule has 1 fully saturated rings. The third-order valence-corrected chi connectivity index (χ3v) is 2.67. The summed E-state index contributed by atoms with van der Waals surface area (Å²) in [5.74, 6) is -0.215. The minimum Gasteiger partial charge on any atom is -0.395 e. The second kappa shape index (κ2) is 6.91. The molecule has 0 aromatic rings. The van der Waals surface area contributed by atoms with Gasteiger partial charge in [-0.3, -0.25) is 14.6 Å². The predicted octanol–water partition coefficient (Wildman–Crippen LogP) is -0.725. The van der Waals surface area contributed by atoms with E-state index >= 15 is 0 Å². The third kappa shape index (κ3) is 6.18. The van der Waals surface area contributed by atoms with Crippen LogP contribution in [-0.2, 0) is 4.79 Å². The lowest BCUT2D eigenvalue weighted by atomic mass is 10.3. The molecule has 8 heteroatoms. The first-order valence-corrected chi connectivity index (χ1v) is 5.80. The number of halogens is 3. The first-order valence-electron chi connectivity index (χ1n) is 5.80. The van der Waals surface area contributed by atoms with E-state index in [1.807, 2.05) is 0 Å². The van der Waals surface area contributed by atoms with E-state index in [2.05, 4.69) is 5.32 Å². The molecule has 2 N–H and O–H groups in total. The highest BCUT2D eigenvalue weighted by molar-refractivity contribution is 5.77. The van der Waals surface area contributed by atoms with E-state index in [1.165, 1.54) is 4.90 Å². The smallest absolute Gasteiger partial charge is 0.395 e. The van der Waals surface area contributed by atoms with Gasteiger partial charge in [-0.2, -0.15) is 13.2 Å². The van der Waals surface area contributed by atoms with Crippen molar-refractivity contribution in [2.45, 2.75) is 6.18 Å². The van der Waals surface area contributed by atoms with Crippen LogP contribution in [0.15, 0.2) is 0 Å². The average molecular weight is 269 g/mol. The van der Waals surface area contributed by atoms with Crippen molar-refractivity contribution in [1.29, 1.82) is 0 Å². The van der Waals surface area contributed by atoms with Crippen molar-refractivity contribution in [2.24, 2.45) is 0 Å². The molecule has 0 aromatic carbocycles. The normalized spacial score (nSPS) is 18.9. The summed E-state index contributed by atoms with van der Waals surface area (Å²) in [5, 5.41) is 11.0. The molecule has 18 heavy (non-hydrogen) atoms. The fourth-order valence-electron chi connectivity index (χ4n) is 1.81. The molecule has 106 valence electrons. The molecule has 5 nitrogen and oxygen atoms in total. The molecule has 1 heterocycles. The van der Waals surface area contributed by atoms with Gasteiger partial charge in [0.05, 0.1) is 19.7 Å². The number of piperazine rings is 1. The molecule has 1 aliphatic rings. The standard InChI is InChI=1S/C10H18F3N3O2/c11-10(12,13)8-16-4-2-15(3-5-16)7-9(18)14-1-6-17/h17H,1-8H2,(H,14,18). The Hall–Kier alpha value is -0.860. The van der Waals surface area contributed by atoms with Gasteiger partial charge in [0.2, 0.25) is 5.91 Å². The lowest BCUT2D eigenvalue weighted by Crippen LogP contribution is -2.51. The maximum Gasteiger partial charge on any atom is 0.401 e. The van der Waals surface area contributed by atoms with Gasteiger partial charge in [0.15, 0.2) is 0 Å². The van der Waals surface area contributed by atoms with Crippen LogP contribution in [0, 0.1) is 0 Å². The van der Waals surface area contributed by atoms with Gasteiger partial charge in [0, 0.05) is 32.7 Å². The number of hydrogen-bond acceptors (Lipinski definition) is 4. The molecule has 1 amide bonds. The molecule has 0 atom stereocenters. The molecular weight excluding hydrogens is 251 g/mol. The summed E-state index contributed by atoms with van der Waals surface area (Å²) in [4.78, 5) is 14.5. The Bertz CT molecular complexity index is 266. The molecule has 1 saturated heterocycles. The zero-order valence-corrected chi connectivity index (χ0v) is 10.0. The number of nitrogens with zero attached hydrogens (tertiary/aromatic N) is 2. The van der Waals surface area contributed by atoms with Crippen molar-refractivity contribution in [1.82, 2.24) is 15.1 Å². The van der Waals surface area contributed by atoms with Crippen LogP contribution in [0.5, 0.6) is 0 Å². The van der Waals surface area contributed by atoms with Crippen LogP contribution in [0.4, 0.5) is 13.2 Å². The highest BCUT2D eigenvalue weighted by atomic mass is 19.4. The number of aliphatic hydroxyl groups excluding tert-OH is 1. The lowest BCUT2D eigenvalue weighted by Gasteiger charge is -2.34. The van der Waals surface area contributed by atoms with Gasteiger partial charge in [0.25, 0.3) is 0 Å². The Balaban J connectivity index is 2.21. The molecule has 0 radical (unpaired) electrons. The van der Waals surface area contributed by atoms with E-state index in [0.29, 0.717) is 26.2 Å². The highest BCUT2D eigenvalue weighted by Gasteiger charge is 2.32. The highest BCUT2D eigenvalue weighted by Crippen LogP contribution is 2.17. The molecule has 0 aromatic heterocycles. The van der Waals surface area contributed by atoms with Gasteiger partial charge in [-0.05, 0) is 0 Å². The van der Waals surface area contributed by atoms with Crippen LogP contribution < -0.4 is 5.32 Å². The summed E-state index contributed by atoms with van der Waals surface area (Å²) in [5.41, 5.74) is 0. The molecule has 0 spiro atoms. The maximum absolute atomic E-state index is 12.1. The molecule has 0 bridgehead atoms. The van der Waals surface area contributed by atoms with Crippen molar-refractivity contribution >= 4 is 5.91 Å². The maximum atomic E-state index is 12.1. The Morgan fingerprint density at radius 1 is 1.17 bits per heavy atom. The van der Waals surface area contributed by atoms with E-state index < -0.39 is 12.7 Å². The van der Waals surface area contributed by atoms with Gasteiger partial charge in [-0.15, -0.1) is 0 Å². The fraction of sp³-hybridized carbons (Fsp3) is 0.900. The topological polar surface area (TPSA) is 55.8 Å². The largest absolute Gasteiger partial charge is 0.401 e. The second-order valence-corrected chi connectivity index (χ2v) is 4.24. The first-order chi connectivity index (χ1) is 8.40. The Labute approximate surface area is 104 Å². The van der Waals surface area contributed by atoms with Crippen molar-refractivity contribution in [3.8, 4) is 0 Å². The number of hydrogen-bond donors (Lipinski definition) is 2. The zero-order chi connectivity index (χ0) is 13.6. The summed E-state index contributed by atoms with van der Waals surface area (Å²) in [6.45, 7) is 0.875. The molecule has 1 rings (SSSR count). The zero-order valence-electron chi connectivity index (χ0n) is 10.0. The predicted molar refractivity (Wildman–Crippen MR) is 59.0 cm³/mol. The van der Waals surface area contributed by atoms with E-state index in [-0.39, 0.29) is 25.6 Å². The van der Waals surface area contributed by atoms with Crippen LogP contribution in [0.3, 0.4) is 0 Å². The van der Waals surface area contributed by atoms with Gasteiger partial charge < -0.3 is 10.4 Å². The number of amides is 1. The van der Waals surface area contributed by atoms with Crippen LogP contribution in [0.25, 0.3) is 0 Å². The number of rotatable bonds is 5. The fourth-order valence-corrected chi connectivity index (χ4v) is 1.81. The van der Waals surface area contributed by atoms with Gasteiger partial charge >= 0.3 is 6.18 Å². The van der Waals surface area contributed by atoms with Crippen molar-refractivity contribution in [3.63, 3.8) is 0 Å². The monoisotopic (exact) mass is 269 g/mol. The van der Waals surface area contributed by atoms with E-state index in [0.717, 1.165) is 0 Å². The quantitative estimate of drug-likeness (QED) is 0.691. The third-order valence-electron chi connectivity index (χ3n) is 2.67. The SMILES string of the molecule is O=C(CN1CCN(CC(F)(F)F)CC1)NCCO. The number of carbonyl (C=O) groups excluding carboxylic acids is 1. The summed E-state index contributed by atoms with van der Waals surface area (Å²) in [6, 6.07) is 0. The summed E-state index contributed by atoms with van der Waals surface area (Å²) < 4.78 is 36.4. The minimum atomic E-state index is -4.17. The van der Waals surface area contributed by atoms with Crippen molar-refractivity contribution in [3.05, 3.63) is 0 Å². The van der Waals surface area contributed by atoms with Crippen LogP contribution in [-0.4, -0.2) is 79.4 Å². The second-order valence-electron chi connectivity index (χ2n) is 4.24.